The van der Waals surface area contributed by atoms with Crippen LogP contribution < -0.4 is 0 Å². The Labute approximate surface area is 146 Å². The van der Waals surface area contributed by atoms with Gasteiger partial charge in [0.05, 0.1) is 23.6 Å². The zero-order valence-corrected chi connectivity index (χ0v) is 15.2. The van der Waals surface area contributed by atoms with E-state index in [1.54, 1.807) is 10.7 Å². The Kier molecular flexibility index (Phi) is 5.25. The Morgan fingerprint density at radius 1 is 1.32 bits per heavy atom. The number of esters is 1. The maximum Gasteiger partial charge on any atom is 0.310 e. The Morgan fingerprint density at radius 2 is 2.00 bits per heavy atom. The first-order chi connectivity index (χ1) is 11.6. The molecule has 0 N–H and O–H groups in total. The third kappa shape index (κ3) is 4.89. The van der Waals surface area contributed by atoms with Crippen LogP contribution in [0.2, 0.25) is 0 Å². The first kappa shape index (κ1) is 18.6. The molecule has 2 rings (SSSR count). The van der Waals surface area contributed by atoms with Crippen LogP contribution in [0, 0.1) is 24.0 Å². The van der Waals surface area contributed by atoms with Gasteiger partial charge in [-0.05, 0) is 40.2 Å². The van der Waals surface area contributed by atoms with Crippen LogP contribution in [0.3, 0.4) is 0 Å². The Bertz CT molecular complexity index is 803. The number of aryl methyl sites for hydroxylation is 1. The van der Waals surface area contributed by atoms with Crippen LogP contribution in [-0.2, 0) is 22.5 Å². The molecule has 0 unspecified atom stereocenters. The van der Waals surface area contributed by atoms with Crippen LogP contribution in [-0.4, -0.2) is 26.3 Å². The molecule has 1 heterocycles. The summed E-state index contributed by atoms with van der Waals surface area (Å²) in [7, 11) is 0. The summed E-state index contributed by atoms with van der Waals surface area (Å²) in [4.78, 5) is 22.6. The van der Waals surface area contributed by atoms with Crippen LogP contribution in [0.4, 0.5) is 5.69 Å². The maximum atomic E-state index is 12.1. The molecule has 7 heteroatoms. The van der Waals surface area contributed by atoms with E-state index >= 15 is 0 Å². The summed E-state index contributed by atoms with van der Waals surface area (Å²) in [6, 6.07) is 6.46. The van der Waals surface area contributed by atoms with Crippen molar-refractivity contribution in [3.63, 3.8) is 0 Å². The Balaban J connectivity index is 2.20. The van der Waals surface area contributed by atoms with E-state index in [9.17, 15) is 14.9 Å². The molecule has 0 aliphatic carbocycles. The largest absolute Gasteiger partial charge is 0.460 e. The highest BCUT2D eigenvalue weighted by Gasteiger charge is 2.20. The lowest BCUT2D eigenvalue weighted by Crippen LogP contribution is -2.25. The predicted molar refractivity (Wildman–Crippen MR) is 93.4 cm³/mol. The lowest BCUT2D eigenvalue weighted by Gasteiger charge is -2.19. The molecule has 7 nitrogen and oxygen atoms in total. The molecule has 0 radical (unpaired) electrons. The lowest BCUT2D eigenvalue weighted by atomic mass is 10.1. The highest BCUT2D eigenvalue weighted by Crippen LogP contribution is 2.19. The van der Waals surface area contributed by atoms with Crippen LogP contribution in [0.25, 0.3) is 0 Å². The fourth-order valence-electron chi connectivity index (χ4n) is 2.61. The Hall–Kier alpha value is -2.70. The number of carbonyl (C=O) groups is 1. The van der Waals surface area contributed by atoms with Crippen molar-refractivity contribution in [1.82, 2.24) is 9.78 Å². The van der Waals surface area contributed by atoms with Gasteiger partial charge in [-0.2, -0.15) is 5.10 Å². The average molecular weight is 345 g/mol. The fraction of sp³-hybridized carbons (Fsp3) is 0.444. The van der Waals surface area contributed by atoms with Crippen molar-refractivity contribution < 1.29 is 14.5 Å². The van der Waals surface area contributed by atoms with Crippen molar-refractivity contribution >= 4 is 11.7 Å². The first-order valence-corrected chi connectivity index (χ1v) is 8.05. The van der Waals surface area contributed by atoms with E-state index in [4.69, 9.17) is 4.74 Å². The molecular formula is C18H23N3O4. The van der Waals surface area contributed by atoms with Crippen molar-refractivity contribution in [2.24, 2.45) is 0 Å². The molecule has 0 amide bonds. The van der Waals surface area contributed by atoms with Gasteiger partial charge in [0.2, 0.25) is 0 Å². The molecule has 0 atom stereocenters. The van der Waals surface area contributed by atoms with E-state index in [0.717, 1.165) is 22.5 Å². The van der Waals surface area contributed by atoms with Gasteiger partial charge in [0.15, 0.2) is 0 Å². The number of hydrogen-bond acceptors (Lipinski definition) is 5. The quantitative estimate of drug-likeness (QED) is 0.471. The zero-order valence-electron chi connectivity index (χ0n) is 15.2. The second kappa shape index (κ2) is 7.04. The molecular weight excluding hydrogens is 322 g/mol. The summed E-state index contributed by atoms with van der Waals surface area (Å²) in [5.74, 6) is -0.298. The van der Waals surface area contributed by atoms with Gasteiger partial charge < -0.3 is 4.74 Å². The number of nitro groups is 1. The van der Waals surface area contributed by atoms with Gasteiger partial charge >= 0.3 is 5.97 Å². The fourth-order valence-corrected chi connectivity index (χ4v) is 2.61. The van der Waals surface area contributed by atoms with Crippen molar-refractivity contribution in [3.05, 3.63) is 56.9 Å². The molecule has 0 saturated carbocycles. The van der Waals surface area contributed by atoms with Crippen LogP contribution in [0.15, 0.2) is 24.3 Å². The van der Waals surface area contributed by atoms with Crippen molar-refractivity contribution in [2.75, 3.05) is 0 Å². The molecule has 25 heavy (non-hydrogen) atoms. The third-order valence-electron chi connectivity index (χ3n) is 3.73. The molecule has 134 valence electrons. The minimum atomic E-state index is -0.530. The van der Waals surface area contributed by atoms with Crippen LogP contribution in [0.5, 0.6) is 0 Å². The summed E-state index contributed by atoms with van der Waals surface area (Å²) < 4.78 is 7.13. The van der Waals surface area contributed by atoms with Crippen LogP contribution >= 0.6 is 0 Å². The number of non-ortho nitro benzene ring substituents is 1. The van der Waals surface area contributed by atoms with Gasteiger partial charge in [0.1, 0.15) is 5.60 Å². The number of aromatic nitrogens is 2. The van der Waals surface area contributed by atoms with Crippen LogP contribution in [0.1, 0.15) is 43.3 Å². The highest BCUT2D eigenvalue weighted by molar-refractivity contribution is 5.73. The van der Waals surface area contributed by atoms with Gasteiger partial charge in [-0.25, -0.2) is 0 Å². The number of nitrogens with zero attached hydrogens (tertiary/aromatic N) is 3. The summed E-state index contributed by atoms with van der Waals surface area (Å²) in [5, 5.41) is 15.4. The minimum absolute atomic E-state index is 0.0491. The monoisotopic (exact) mass is 345 g/mol. The Morgan fingerprint density at radius 3 is 2.60 bits per heavy atom. The standard InChI is InChI=1S/C18H23N3O4/c1-12-16(10-17(22)25-18(3,4)5)13(2)20(19-12)11-14-7-6-8-15(9-14)21(23)24/h6-9H,10-11H2,1-5H3. The second-order valence-corrected chi connectivity index (χ2v) is 7.00. The smallest absolute Gasteiger partial charge is 0.310 e. The van der Waals surface area contributed by atoms with Gasteiger partial charge in [0.25, 0.3) is 5.69 Å². The van der Waals surface area contributed by atoms with Gasteiger partial charge in [-0.1, -0.05) is 12.1 Å². The molecule has 0 spiro atoms. The molecule has 1 aromatic heterocycles. The summed E-state index contributed by atoms with van der Waals surface area (Å²) in [6.07, 6.45) is 0.157. The van der Waals surface area contributed by atoms with E-state index in [1.165, 1.54) is 12.1 Å². The molecule has 0 aliphatic heterocycles. The van der Waals surface area contributed by atoms with E-state index in [2.05, 4.69) is 5.10 Å². The molecule has 0 saturated heterocycles. The number of rotatable bonds is 5. The van der Waals surface area contributed by atoms with Gasteiger partial charge in [-0.15, -0.1) is 0 Å². The van der Waals surface area contributed by atoms with Crippen molar-refractivity contribution in [2.45, 2.75) is 53.2 Å². The average Bonchev–Trinajstić information content (AvgIpc) is 2.73. The normalized spacial score (nSPS) is 11.4. The minimum Gasteiger partial charge on any atom is -0.460 e. The SMILES string of the molecule is Cc1nn(Cc2cccc([N+](=O)[O-])c2)c(C)c1CC(=O)OC(C)(C)C. The second-order valence-electron chi connectivity index (χ2n) is 7.00. The number of benzene rings is 1. The molecule has 2 aromatic rings. The maximum absolute atomic E-state index is 12.1. The number of nitro benzene ring substituents is 1. The van der Waals surface area contributed by atoms with Crippen molar-refractivity contribution in [1.29, 1.82) is 0 Å². The number of hydrogen-bond donors (Lipinski definition) is 0. The van der Waals surface area contributed by atoms with E-state index in [0.29, 0.717) is 6.54 Å². The molecule has 1 aromatic carbocycles. The molecule has 0 aliphatic rings. The van der Waals surface area contributed by atoms with Gasteiger partial charge in [-0.3, -0.25) is 19.6 Å². The van der Waals surface area contributed by atoms with E-state index in [1.807, 2.05) is 40.7 Å². The number of carbonyl (C=O) groups excluding carboxylic acids is 1. The first-order valence-electron chi connectivity index (χ1n) is 8.05. The summed E-state index contributed by atoms with van der Waals surface area (Å²) in [5.41, 5.74) is 2.75. The van der Waals surface area contributed by atoms with E-state index in [-0.39, 0.29) is 18.1 Å². The third-order valence-corrected chi connectivity index (χ3v) is 3.73. The molecule has 0 fully saturated rings. The highest BCUT2D eigenvalue weighted by atomic mass is 16.6. The molecule has 0 bridgehead atoms. The van der Waals surface area contributed by atoms with Crippen molar-refractivity contribution in [3.8, 4) is 0 Å². The van der Waals surface area contributed by atoms with Gasteiger partial charge in [0, 0.05) is 23.4 Å². The zero-order chi connectivity index (χ0) is 18.8. The lowest BCUT2D eigenvalue weighted by molar-refractivity contribution is -0.384. The topological polar surface area (TPSA) is 87.3 Å². The van der Waals surface area contributed by atoms with E-state index < -0.39 is 10.5 Å². The number of ether oxygens (including phenoxy) is 1. The summed E-state index contributed by atoms with van der Waals surface area (Å²) in [6.45, 7) is 9.62. The summed E-state index contributed by atoms with van der Waals surface area (Å²) >= 11 is 0. The predicted octanol–water partition coefficient (Wildman–Crippen LogP) is 3.34.